The van der Waals surface area contributed by atoms with Crippen LogP contribution in [0.15, 0.2) is 0 Å². The summed E-state index contributed by atoms with van der Waals surface area (Å²) in [6.45, 7) is 15.7. The molecule has 0 saturated heterocycles. The SMILES string of the molecule is CCCCCCCCCCC(OC(C)(C)C)C(CCCCCCCCCCO)OC(C)(C)C. The molecule has 3 nitrogen and oxygen atoms in total. The second-order valence-corrected chi connectivity index (χ2v) is 12.1. The molecule has 0 aliphatic rings. The maximum Gasteiger partial charge on any atom is 0.0844 e. The van der Waals surface area contributed by atoms with Crippen LogP contribution in [0.2, 0.25) is 0 Å². The summed E-state index contributed by atoms with van der Waals surface area (Å²) in [6, 6.07) is 0. The summed E-state index contributed by atoms with van der Waals surface area (Å²) >= 11 is 0. The highest BCUT2D eigenvalue weighted by Crippen LogP contribution is 2.27. The van der Waals surface area contributed by atoms with E-state index in [9.17, 15) is 0 Å². The zero-order valence-electron chi connectivity index (χ0n) is 23.9. The molecule has 0 bridgehead atoms. The lowest BCUT2D eigenvalue weighted by atomic mass is 9.97. The molecule has 1 N–H and O–H groups in total. The highest BCUT2D eigenvalue weighted by atomic mass is 16.6. The van der Waals surface area contributed by atoms with Gasteiger partial charge in [0, 0.05) is 6.61 Å². The average Bonchev–Trinajstić information content (AvgIpc) is 2.71. The molecule has 0 spiro atoms. The summed E-state index contributed by atoms with van der Waals surface area (Å²) < 4.78 is 13.2. The van der Waals surface area contributed by atoms with Gasteiger partial charge in [0.05, 0.1) is 23.4 Å². The fourth-order valence-electron chi connectivity index (χ4n) is 4.55. The van der Waals surface area contributed by atoms with Gasteiger partial charge < -0.3 is 14.6 Å². The molecule has 0 aromatic carbocycles. The van der Waals surface area contributed by atoms with Crippen LogP contribution in [0, 0.1) is 0 Å². The fraction of sp³-hybridized carbons (Fsp3) is 1.00. The molecule has 0 aliphatic heterocycles. The molecule has 0 saturated carbocycles. The lowest BCUT2D eigenvalue weighted by Crippen LogP contribution is -2.41. The topological polar surface area (TPSA) is 38.7 Å². The quantitative estimate of drug-likeness (QED) is 0.160. The predicted molar refractivity (Wildman–Crippen MR) is 145 cm³/mol. The average molecular weight is 471 g/mol. The zero-order chi connectivity index (χ0) is 25.0. The number of ether oxygens (including phenoxy) is 2. The van der Waals surface area contributed by atoms with E-state index in [-0.39, 0.29) is 23.4 Å². The monoisotopic (exact) mass is 470 g/mol. The Hall–Kier alpha value is -0.120. The van der Waals surface area contributed by atoms with Crippen molar-refractivity contribution in [1.82, 2.24) is 0 Å². The Kier molecular flexibility index (Phi) is 20.0. The van der Waals surface area contributed by atoms with Crippen LogP contribution in [0.1, 0.15) is 164 Å². The molecule has 2 atom stereocenters. The molecular weight excluding hydrogens is 408 g/mol. The van der Waals surface area contributed by atoms with Gasteiger partial charge in [0.25, 0.3) is 0 Å². The third kappa shape index (κ3) is 23.4. The van der Waals surface area contributed by atoms with Gasteiger partial charge in [0.1, 0.15) is 0 Å². The third-order valence-electron chi connectivity index (χ3n) is 6.16. The van der Waals surface area contributed by atoms with Crippen molar-refractivity contribution in [3.63, 3.8) is 0 Å². The first-order valence-electron chi connectivity index (χ1n) is 14.6. The maximum atomic E-state index is 8.89. The number of unbranched alkanes of at least 4 members (excludes halogenated alkanes) is 14. The van der Waals surface area contributed by atoms with Crippen LogP contribution in [-0.2, 0) is 9.47 Å². The van der Waals surface area contributed by atoms with Gasteiger partial charge in [-0.05, 0) is 60.8 Å². The van der Waals surface area contributed by atoms with E-state index in [0.717, 1.165) is 19.3 Å². The molecule has 0 amide bonds. The van der Waals surface area contributed by atoms with Crippen molar-refractivity contribution in [2.75, 3.05) is 6.61 Å². The Labute approximate surface area is 208 Å². The number of rotatable bonds is 22. The van der Waals surface area contributed by atoms with E-state index in [0.29, 0.717) is 6.61 Å². The van der Waals surface area contributed by atoms with Crippen LogP contribution in [0.5, 0.6) is 0 Å². The standard InChI is InChI=1S/C30H62O3/c1-8-9-10-11-12-15-18-21-24-27(32-29(2,3)4)28(33-30(5,6)7)25-22-19-16-13-14-17-20-23-26-31/h27-28,31H,8-26H2,1-7H3. The second-order valence-electron chi connectivity index (χ2n) is 12.1. The highest BCUT2D eigenvalue weighted by Gasteiger charge is 2.30. The van der Waals surface area contributed by atoms with E-state index in [2.05, 4.69) is 48.5 Å². The van der Waals surface area contributed by atoms with E-state index < -0.39 is 0 Å². The molecule has 0 rings (SSSR count). The Morgan fingerprint density at radius 3 is 1.09 bits per heavy atom. The summed E-state index contributed by atoms with van der Waals surface area (Å²) in [5.74, 6) is 0. The van der Waals surface area contributed by atoms with Crippen LogP contribution in [0.4, 0.5) is 0 Å². The van der Waals surface area contributed by atoms with E-state index in [1.165, 1.54) is 96.3 Å². The summed E-state index contributed by atoms with van der Waals surface area (Å²) in [7, 11) is 0. The Morgan fingerprint density at radius 2 is 0.788 bits per heavy atom. The normalized spacial score (nSPS) is 14.5. The minimum atomic E-state index is -0.143. The summed E-state index contributed by atoms with van der Waals surface area (Å²) in [4.78, 5) is 0. The highest BCUT2D eigenvalue weighted by molar-refractivity contribution is 4.78. The molecule has 33 heavy (non-hydrogen) atoms. The van der Waals surface area contributed by atoms with Gasteiger partial charge in [0.15, 0.2) is 0 Å². The predicted octanol–water partition coefficient (Wildman–Crippen LogP) is 9.39. The number of aliphatic hydroxyl groups is 1. The minimum absolute atomic E-state index is 0.140. The maximum absolute atomic E-state index is 8.89. The van der Waals surface area contributed by atoms with Crippen molar-refractivity contribution >= 4 is 0 Å². The molecule has 2 unspecified atom stereocenters. The van der Waals surface area contributed by atoms with Gasteiger partial charge in [-0.25, -0.2) is 0 Å². The van der Waals surface area contributed by atoms with Crippen molar-refractivity contribution in [3.8, 4) is 0 Å². The van der Waals surface area contributed by atoms with Crippen molar-refractivity contribution in [2.24, 2.45) is 0 Å². The molecule has 0 heterocycles. The van der Waals surface area contributed by atoms with E-state index >= 15 is 0 Å². The van der Waals surface area contributed by atoms with Gasteiger partial charge >= 0.3 is 0 Å². The first-order chi connectivity index (χ1) is 15.6. The van der Waals surface area contributed by atoms with Gasteiger partial charge in [-0.15, -0.1) is 0 Å². The zero-order valence-corrected chi connectivity index (χ0v) is 23.9. The molecule has 0 fully saturated rings. The Balaban J connectivity index is 4.55. The van der Waals surface area contributed by atoms with Crippen molar-refractivity contribution < 1.29 is 14.6 Å². The number of hydrogen-bond acceptors (Lipinski definition) is 3. The second kappa shape index (κ2) is 20.1. The Bertz CT molecular complexity index is 408. The van der Waals surface area contributed by atoms with Gasteiger partial charge in [0.2, 0.25) is 0 Å². The minimum Gasteiger partial charge on any atom is -0.396 e. The van der Waals surface area contributed by atoms with Crippen LogP contribution in [0.25, 0.3) is 0 Å². The van der Waals surface area contributed by atoms with Crippen LogP contribution in [0.3, 0.4) is 0 Å². The van der Waals surface area contributed by atoms with Gasteiger partial charge in [-0.3, -0.25) is 0 Å². The molecule has 3 heteroatoms. The summed E-state index contributed by atoms with van der Waals surface area (Å²) in [5, 5.41) is 8.89. The van der Waals surface area contributed by atoms with Crippen molar-refractivity contribution in [1.29, 1.82) is 0 Å². The van der Waals surface area contributed by atoms with Crippen molar-refractivity contribution in [2.45, 2.75) is 187 Å². The van der Waals surface area contributed by atoms with Crippen molar-refractivity contribution in [3.05, 3.63) is 0 Å². The van der Waals surface area contributed by atoms with E-state index in [4.69, 9.17) is 14.6 Å². The molecule has 0 aromatic rings. The summed E-state index contributed by atoms with van der Waals surface area (Å²) in [6.07, 6.45) is 23.2. The largest absolute Gasteiger partial charge is 0.396 e. The first kappa shape index (κ1) is 32.9. The number of aliphatic hydroxyl groups excluding tert-OH is 1. The molecule has 0 aliphatic carbocycles. The fourth-order valence-corrected chi connectivity index (χ4v) is 4.55. The molecule has 0 radical (unpaired) electrons. The molecule has 0 aromatic heterocycles. The molecular formula is C30H62O3. The van der Waals surface area contributed by atoms with Crippen LogP contribution >= 0.6 is 0 Å². The van der Waals surface area contributed by atoms with E-state index in [1.807, 2.05) is 0 Å². The molecule has 200 valence electrons. The number of hydrogen-bond donors (Lipinski definition) is 1. The first-order valence-corrected chi connectivity index (χ1v) is 14.6. The lowest BCUT2D eigenvalue weighted by Gasteiger charge is -2.37. The Morgan fingerprint density at radius 1 is 0.485 bits per heavy atom. The smallest absolute Gasteiger partial charge is 0.0844 e. The van der Waals surface area contributed by atoms with E-state index in [1.54, 1.807) is 0 Å². The van der Waals surface area contributed by atoms with Gasteiger partial charge in [-0.1, -0.05) is 103 Å². The van der Waals surface area contributed by atoms with Crippen LogP contribution < -0.4 is 0 Å². The third-order valence-corrected chi connectivity index (χ3v) is 6.16. The lowest BCUT2D eigenvalue weighted by molar-refractivity contribution is -0.167. The summed E-state index contributed by atoms with van der Waals surface area (Å²) in [5.41, 5.74) is -0.283. The van der Waals surface area contributed by atoms with Crippen LogP contribution in [-0.4, -0.2) is 35.1 Å². The van der Waals surface area contributed by atoms with Gasteiger partial charge in [-0.2, -0.15) is 0 Å².